The van der Waals surface area contributed by atoms with E-state index in [9.17, 15) is 5.26 Å². The molecule has 0 bridgehead atoms. The molecule has 0 N–H and O–H groups in total. The number of nitriles is 1. The molecule has 6 heteroatoms. The van der Waals surface area contributed by atoms with Gasteiger partial charge in [-0.2, -0.15) is 5.26 Å². The minimum absolute atomic E-state index is 0.314. The Morgan fingerprint density at radius 1 is 0.371 bits per heavy atom. The minimum atomic E-state index is 0.314. The first kappa shape index (κ1) is 36.3. The molecule has 0 aromatic heterocycles. The first-order valence-corrected chi connectivity index (χ1v) is 20.4. The topological polar surface area (TPSA) is 53.1 Å². The number of anilines is 6. The monoisotopic (exact) mass is 794 g/mol. The van der Waals surface area contributed by atoms with Crippen molar-refractivity contribution in [2.75, 3.05) is 9.80 Å². The van der Waals surface area contributed by atoms with Crippen molar-refractivity contribution in [3.63, 3.8) is 0 Å². The van der Waals surface area contributed by atoms with E-state index in [0.717, 1.165) is 90.5 Å². The van der Waals surface area contributed by atoms with E-state index in [1.54, 1.807) is 0 Å². The molecular formula is C56H34N4O2. The molecule has 2 aliphatic heterocycles. The first-order chi connectivity index (χ1) is 30.7. The highest BCUT2D eigenvalue weighted by molar-refractivity contribution is 6.10. The van der Waals surface area contributed by atoms with E-state index in [0.29, 0.717) is 22.4 Å². The smallest absolute Gasteiger partial charge is 0.213 e. The fourth-order valence-electron chi connectivity index (χ4n) is 8.83. The Morgan fingerprint density at radius 3 is 1.06 bits per heavy atom. The largest absolute Gasteiger partial charge is 0.453 e. The second kappa shape index (κ2) is 15.1. The van der Waals surface area contributed by atoms with Crippen molar-refractivity contribution < 1.29 is 9.47 Å². The van der Waals surface area contributed by atoms with Crippen LogP contribution in [0.1, 0.15) is 5.56 Å². The molecule has 9 aromatic carbocycles. The summed E-state index contributed by atoms with van der Waals surface area (Å²) < 4.78 is 12.7. The summed E-state index contributed by atoms with van der Waals surface area (Å²) in [5.74, 6) is 3.10. The molecule has 0 spiro atoms. The van der Waals surface area contributed by atoms with Gasteiger partial charge in [0.1, 0.15) is 0 Å². The zero-order valence-corrected chi connectivity index (χ0v) is 33.2. The molecule has 0 radical (unpaired) electrons. The normalized spacial score (nSPS) is 12.0. The van der Waals surface area contributed by atoms with Crippen molar-refractivity contribution >= 4 is 39.8 Å². The SMILES string of the molecule is [C-]#[N+]c1c(C#N)c(-c2ccccc2)c(-c2ccc(N3c4ccccc4Oc4ccccc43)cc2)c(-c2ccc(N3c4ccccc4Oc4ccccc43)cc2)c1-c1ccccc1. The Bertz CT molecular complexity index is 2950. The van der Waals surface area contributed by atoms with Crippen molar-refractivity contribution in [1.82, 2.24) is 0 Å². The predicted molar refractivity (Wildman–Crippen MR) is 249 cm³/mol. The zero-order chi connectivity index (χ0) is 41.6. The van der Waals surface area contributed by atoms with Crippen LogP contribution < -0.4 is 19.3 Å². The van der Waals surface area contributed by atoms with Gasteiger partial charge in [-0.05, 0) is 117 Å². The van der Waals surface area contributed by atoms with Crippen LogP contribution in [0.5, 0.6) is 23.0 Å². The van der Waals surface area contributed by atoms with E-state index in [4.69, 9.17) is 16.0 Å². The number of para-hydroxylation sites is 8. The minimum Gasteiger partial charge on any atom is -0.453 e. The average Bonchev–Trinajstić information content (AvgIpc) is 3.34. The summed E-state index contributed by atoms with van der Waals surface area (Å²) in [7, 11) is 0. The molecule has 0 saturated heterocycles. The fourth-order valence-corrected chi connectivity index (χ4v) is 8.83. The number of ether oxygens (including phenoxy) is 2. The van der Waals surface area contributed by atoms with Crippen LogP contribution in [0.2, 0.25) is 0 Å². The van der Waals surface area contributed by atoms with Gasteiger partial charge in [0.2, 0.25) is 5.69 Å². The zero-order valence-electron chi connectivity index (χ0n) is 33.2. The summed E-state index contributed by atoms with van der Waals surface area (Å²) in [6, 6.07) is 71.7. The van der Waals surface area contributed by atoms with Crippen molar-refractivity contribution in [3.05, 3.63) is 223 Å². The molecule has 0 atom stereocenters. The quantitative estimate of drug-likeness (QED) is 0.157. The third kappa shape index (κ3) is 5.94. The summed E-state index contributed by atoms with van der Waals surface area (Å²) in [6.07, 6.45) is 0. The summed E-state index contributed by atoms with van der Waals surface area (Å²) in [4.78, 5) is 8.61. The standard InChI is InChI=1S/C56H34N4O2/c1-58-56-43(36-57)52(37-16-4-2-5-17-37)53(39-28-32-41(33-29-39)59-44-20-8-12-24-48(44)61-49-25-13-9-21-45(49)59)54(55(56)38-18-6-3-7-19-38)40-30-34-42(35-31-40)60-46-22-10-14-26-50(46)62-51-27-15-11-23-47(51)60/h2-35H. The van der Waals surface area contributed by atoms with Crippen LogP contribution in [-0.4, -0.2) is 0 Å². The van der Waals surface area contributed by atoms with E-state index in [-0.39, 0.29) is 0 Å². The van der Waals surface area contributed by atoms with Crippen LogP contribution in [0.3, 0.4) is 0 Å². The third-order valence-electron chi connectivity index (χ3n) is 11.5. The maximum absolute atomic E-state index is 11.1. The lowest BCUT2D eigenvalue weighted by atomic mass is 9.79. The van der Waals surface area contributed by atoms with Gasteiger partial charge in [-0.25, -0.2) is 4.85 Å². The predicted octanol–water partition coefficient (Wildman–Crippen LogP) is 15.9. The van der Waals surface area contributed by atoms with Gasteiger partial charge in [-0.15, -0.1) is 0 Å². The molecule has 11 rings (SSSR count). The Balaban J connectivity index is 1.16. The summed E-state index contributed by atoms with van der Waals surface area (Å²) in [5.41, 5.74) is 13.0. The molecule has 0 unspecified atom stereocenters. The number of fused-ring (bicyclic) bond motifs is 4. The van der Waals surface area contributed by atoms with E-state index in [1.807, 2.05) is 133 Å². The number of hydrogen-bond donors (Lipinski definition) is 0. The molecule has 0 saturated carbocycles. The lowest BCUT2D eigenvalue weighted by Gasteiger charge is -2.33. The molecule has 2 heterocycles. The van der Waals surface area contributed by atoms with E-state index in [1.165, 1.54) is 0 Å². The fraction of sp³-hybridized carbons (Fsp3) is 0. The van der Waals surface area contributed by atoms with Gasteiger partial charge in [-0.3, -0.25) is 0 Å². The van der Waals surface area contributed by atoms with Gasteiger partial charge in [0, 0.05) is 11.4 Å². The van der Waals surface area contributed by atoms with E-state index < -0.39 is 0 Å². The van der Waals surface area contributed by atoms with Crippen LogP contribution in [0.25, 0.3) is 49.4 Å². The maximum Gasteiger partial charge on any atom is 0.213 e. The molecule has 0 amide bonds. The van der Waals surface area contributed by atoms with E-state index in [2.05, 4.69) is 93.5 Å². The molecule has 6 nitrogen and oxygen atoms in total. The molecular weight excluding hydrogens is 761 g/mol. The number of benzene rings is 9. The van der Waals surface area contributed by atoms with E-state index >= 15 is 0 Å². The number of nitrogens with zero attached hydrogens (tertiary/aromatic N) is 4. The second-order valence-electron chi connectivity index (χ2n) is 15.0. The van der Waals surface area contributed by atoms with Gasteiger partial charge in [0.15, 0.2) is 23.0 Å². The van der Waals surface area contributed by atoms with Crippen LogP contribution in [0, 0.1) is 17.9 Å². The van der Waals surface area contributed by atoms with Crippen LogP contribution in [0.15, 0.2) is 206 Å². The van der Waals surface area contributed by atoms with Gasteiger partial charge in [-0.1, -0.05) is 133 Å². The van der Waals surface area contributed by atoms with Crippen molar-refractivity contribution in [1.29, 1.82) is 5.26 Å². The highest BCUT2D eigenvalue weighted by atomic mass is 16.5. The Labute approximate surface area is 359 Å². The summed E-state index contributed by atoms with van der Waals surface area (Å²) in [6.45, 7) is 8.68. The van der Waals surface area contributed by atoms with Crippen LogP contribution >= 0.6 is 0 Å². The summed E-state index contributed by atoms with van der Waals surface area (Å²) in [5, 5.41) is 11.1. The molecule has 0 fully saturated rings. The highest BCUT2D eigenvalue weighted by Gasteiger charge is 2.30. The van der Waals surface area contributed by atoms with Gasteiger partial charge < -0.3 is 19.3 Å². The van der Waals surface area contributed by atoms with Crippen molar-refractivity contribution in [2.45, 2.75) is 0 Å². The maximum atomic E-state index is 11.1. The molecule has 2 aliphatic rings. The Hall–Kier alpha value is -8.84. The third-order valence-corrected chi connectivity index (χ3v) is 11.5. The highest BCUT2D eigenvalue weighted by Crippen LogP contribution is 2.55. The number of rotatable bonds is 6. The lowest BCUT2D eigenvalue weighted by molar-refractivity contribution is 0.477. The first-order valence-electron chi connectivity index (χ1n) is 20.4. The van der Waals surface area contributed by atoms with Gasteiger partial charge in [0.25, 0.3) is 0 Å². The Kier molecular flexibility index (Phi) is 8.82. The van der Waals surface area contributed by atoms with Gasteiger partial charge in [0.05, 0.1) is 41.0 Å². The Morgan fingerprint density at radius 2 is 0.694 bits per heavy atom. The van der Waals surface area contributed by atoms with Crippen molar-refractivity contribution in [3.8, 4) is 73.6 Å². The lowest BCUT2D eigenvalue weighted by Crippen LogP contribution is -2.15. The molecule has 290 valence electrons. The molecule has 9 aromatic rings. The van der Waals surface area contributed by atoms with Gasteiger partial charge >= 0.3 is 0 Å². The van der Waals surface area contributed by atoms with Crippen LogP contribution in [-0.2, 0) is 0 Å². The van der Waals surface area contributed by atoms with Crippen molar-refractivity contribution in [2.24, 2.45) is 0 Å². The van der Waals surface area contributed by atoms with Crippen LogP contribution in [0.4, 0.5) is 39.8 Å². The molecule has 0 aliphatic carbocycles. The summed E-state index contributed by atoms with van der Waals surface area (Å²) >= 11 is 0. The number of hydrogen-bond acceptors (Lipinski definition) is 5. The average molecular weight is 795 g/mol. The second-order valence-corrected chi connectivity index (χ2v) is 15.0. The molecule has 62 heavy (non-hydrogen) atoms.